The Balaban J connectivity index is 1.45. The van der Waals surface area contributed by atoms with Crippen LogP contribution < -0.4 is 21.3 Å². The molecule has 14 heteroatoms. The predicted octanol–water partition coefficient (Wildman–Crippen LogP) is 2.06. The summed E-state index contributed by atoms with van der Waals surface area (Å²) in [7, 11) is 0. The monoisotopic (exact) mass is 667 g/mol. The summed E-state index contributed by atoms with van der Waals surface area (Å²) >= 11 is 0. The fourth-order valence-corrected chi connectivity index (χ4v) is 5.13. The normalized spacial score (nSPS) is 16.3. The molecule has 1 aliphatic heterocycles. The number of rotatable bonds is 14. The van der Waals surface area contributed by atoms with Gasteiger partial charge in [0, 0.05) is 25.7 Å². The molecule has 0 bridgehead atoms. The van der Waals surface area contributed by atoms with Gasteiger partial charge in [0.1, 0.15) is 30.1 Å². The molecule has 1 saturated heterocycles. The van der Waals surface area contributed by atoms with Gasteiger partial charge in [-0.1, -0.05) is 50.6 Å². The van der Waals surface area contributed by atoms with Crippen LogP contribution in [0.5, 0.6) is 0 Å². The summed E-state index contributed by atoms with van der Waals surface area (Å²) in [5, 5.41) is 10.9. The van der Waals surface area contributed by atoms with Gasteiger partial charge in [0.05, 0.1) is 12.2 Å². The van der Waals surface area contributed by atoms with E-state index < -0.39 is 53.4 Å². The summed E-state index contributed by atoms with van der Waals surface area (Å²) < 4.78 is 6.49. The molecule has 14 nitrogen and oxygen atoms in total. The number of carbonyl (C=O) groups excluding carboxylic acids is 6. The van der Waals surface area contributed by atoms with E-state index in [9.17, 15) is 28.8 Å². The summed E-state index contributed by atoms with van der Waals surface area (Å²) in [6, 6.07) is 7.01. The van der Waals surface area contributed by atoms with E-state index in [1.165, 1.54) is 28.9 Å². The molecule has 0 saturated carbocycles. The number of benzene rings is 1. The molecule has 2 aromatic rings. The molecular formula is C34H49N7O7. The number of nitrogens with one attached hydrogen (secondary N) is 4. The molecule has 48 heavy (non-hydrogen) atoms. The van der Waals surface area contributed by atoms with Crippen molar-refractivity contribution in [2.45, 2.75) is 104 Å². The van der Waals surface area contributed by atoms with E-state index >= 15 is 0 Å². The number of carbonyl (C=O) groups is 6. The van der Waals surface area contributed by atoms with Crippen LogP contribution in [0.1, 0.15) is 78.5 Å². The first-order valence-electron chi connectivity index (χ1n) is 16.4. The number of ether oxygens (including phenoxy) is 1. The van der Waals surface area contributed by atoms with E-state index in [0.29, 0.717) is 38.0 Å². The summed E-state index contributed by atoms with van der Waals surface area (Å²) in [5.74, 6) is -2.25. The number of aryl methyl sites for hydroxylation is 1. The van der Waals surface area contributed by atoms with Crippen LogP contribution in [0.3, 0.4) is 0 Å². The van der Waals surface area contributed by atoms with Gasteiger partial charge in [-0.25, -0.2) is 14.3 Å². The lowest BCUT2D eigenvalue weighted by molar-refractivity contribution is -0.140. The summed E-state index contributed by atoms with van der Waals surface area (Å²) in [6.07, 6.45) is 4.19. The highest BCUT2D eigenvalue weighted by atomic mass is 16.6. The number of hydrogen-bond acceptors (Lipinski definition) is 8. The van der Waals surface area contributed by atoms with Gasteiger partial charge in [-0.15, -0.1) is 0 Å². The van der Waals surface area contributed by atoms with Crippen LogP contribution in [0.15, 0.2) is 42.9 Å². The maximum absolute atomic E-state index is 13.3. The van der Waals surface area contributed by atoms with Crippen molar-refractivity contribution in [2.75, 3.05) is 13.1 Å². The van der Waals surface area contributed by atoms with Crippen LogP contribution >= 0.6 is 0 Å². The standard InChI is InChI=1S/C34H49N7O7/c1-7-22(2)29(32(46)35-18-24-12-9-8-10-13-24)39-31(45)26-14-11-17-41(26)28(43)19-36-30(44)23(3)38-27(42)16-15-25-20-40(21-37-25)33(47)48-34(4,5)6/h8-10,12-13,20-23,26,29H,7,11,14-19H2,1-6H3,(H,35,46)(H,36,44)(H,38,42)(H,39,45)/t22-,23-,26-,29-/m0/s1. The Kier molecular flexibility index (Phi) is 13.7. The van der Waals surface area contributed by atoms with Gasteiger partial charge >= 0.3 is 6.09 Å². The SMILES string of the molecule is CC[C@H](C)[C@H](NC(=O)[C@@H]1CCCN1C(=O)CNC(=O)[C@H](C)NC(=O)CCc1cn(C(=O)OC(C)(C)C)cn1)C(=O)NCc1ccccc1. The van der Waals surface area contributed by atoms with E-state index in [1.54, 1.807) is 20.8 Å². The zero-order valence-corrected chi connectivity index (χ0v) is 28.7. The van der Waals surface area contributed by atoms with E-state index in [-0.39, 0.29) is 31.2 Å². The highest BCUT2D eigenvalue weighted by Crippen LogP contribution is 2.19. The lowest BCUT2D eigenvalue weighted by atomic mass is 9.97. The number of nitrogens with zero attached hydrogens (tertiary/aromatic N) is 3. The lowest BCUT2D eigenvalue weighted by Crippen LogP contribution is -2.56. The second-order valence-corrected chi connectivity index (χ2v) is 13.1. The number of aromatic nitrogens is 2. The third kappa shape index (κ3) is 11.5. The second kappa shape index (κ2) is 17.4. The molecule has 0 spiro atoms. The average molecular weight is 668 g/mol. The fraction of sp³-hybridized carbons (Fsp3) is 0.559. The van der Waals surface area contributed by atoms with Gasteiger partial charge in [0.15, 0.2) is 0 Å². The fourth-order valence-electron chi connectivity index (χ4n) is 5.13. The first-order valence-corrected chi connectivity index (χ1v) is 16.4. The largest absolute Gasteiger partial charge is 0.443 e. The van der Waals surface area contributed by atoms with Gasteiger partial charge < -0.3 is 30.9 Å². The van der Waals surface area contributed by atoms with Crippen LogP contribution in [0, 0.1) is 5.92 Å². The van der Waals surface area contributed by atoms with Crippen LogP contribution in [0.2, 0.25) is 0 Å². The average Bonchev–Trinajstić information content (AvgIpc) is 3.74. The summed E-state index contributed by atoms with van der Waals surface area (Å²) in [5.41, 5.74) is 0.784. The van der Waals surface area contributed by atoms with Crippen molar-refractivity contribution < 1.29 is 33.5 Å². The predicted molar refractivity (Wildman–Crippen MR) is 177 cm³/mol. The quantitative estimate of drug-likeness (QED) is 0.236. The van der Waals surface area contributed by atoms with Crippen LogP contribution in [-0.2, 0) is 41.7 Å². The summed E-state index contributed by atoms with van der Waals surface area (Å²) in [6.45, 7) is 10.9. The Morgan fingerprint density at radius 2 is 1.71 bits per heavy atom. The van der Waals surface area contributed by atoms with E-state index in [2.05, 4.69) is 26.3 Å². The molecule has 1 aliphatic rings. The topological polar surface area (TPSA) is 181 Å². The van der Waals surface area contributed by atoms with Crippen molar-refractivity contribution in [1.82, 2.24) is 35.7 Å². The zero-order chi connectivity index (χ0) is 35.4. The van der Waals surface area contributed by atoms with Gasteiger partial charge in [-0.2, -0.15) is 0 Å². The van der Waals surface area contributed by atoms with Crippen LogP contribution in [0.25, 0.3) is 0 Å². The van der Waals surface area contributed by atoms with Crippen LogP contribution in [-0.4, -0.2) is 86.9 Å². The molecule has 4 atom stereocenters. The number of amides is 5. The molecule has 1 aromatic heterocycles. The van der Waals surface area contributed by atoms with Crippen molar-refractivity contribution >= 4 is 35.6 Å². The van der Waals surface area contributed by atoms with Crippen LogP contribution in [0.4, 0.5) is 4.79 Å². The van der Waals surface area contributed by atoms with Crippen molar-refractivity contribution in [3.63, 3.8) is 0 Å². The van der Waals surface area contributed by atoms with E-state index in [4.69, 9.17) is 4.74 Å². The molecule has 5 amide bonds. The van der Waals surface area contributed by atoms with E-state index in [1.807, 2.05) is 44.2 Å². The Labute approximate surface area is 281 Å². The first-order chi connectivity index (χ1) is 22.7. The van der Waals surface area contributed by atoms with Crippen molar-refractivity contribution in [2.24, 2.45) is 5.92 Å². The Morgan fingerprint density at radius 1 is 1.00 bits per heavy atom. The van der Waals surface area contributed by atoms with Gasteiger partial charge in [0.25, 0.3) is 0 Å². The van der Waals surface area contributed by atoms with Crippen molar-refractivity contribution in [3.8, 4) is 0 Å². The Morgan fingerprint density at radius 3 is 2.38 bits per heavy atom. The van der Waals surface area contributed by atoms with Gasteiger partial charge in [-0.3, -0.25) is 24.0 Å². The maximum Gasteiger partial charge on any atom is 0.419 e. The minimum atomic E-state index is -0.923. The highest BCUT2D eigenvalue weighted by molar-refractivity contribution is 5.94. The van der Waals surface area contributed by atoms with Crippen molar-refractivity contribution in [3.05, 3.63) is 54.1 Å². The molecule has 0 radical (unpaired) electrons. The Bertz CT molecular complexity index is 1440. The Hall–Kier alpha value is -4.75. The minimum absolute atomic E-state index is 0.0222. The lowest BCUT2D eigenvalue weighted by Gasteiger charge is -2.28. The van der Waals surface area contributed by atoms with Gasteiger partial charge in [-0.05, 0) is 58.4 Å². The molecule has 4 N–H and O–H groups in total. The van der Waals surface area contributed by atoms with Gasteiger partial charge in [0.2, 0.25) is 29.5 Å². The number of hydrogen-bond donors (Lipinski definition) is 4. The second-order valence-electron chi connectivity index (χ2n) is 13.1. The zero-order valence-electron chi connectivity index (χ0n) is 28.7. The molecule has 2 heterocycles. The molecule has 0 unspecified atom stereocenters. The minimum Gasteiger partial charge on any atom is -0.443 e. The molecular weight excluding hydrogens is 618 g/mol. The van der Waals surface area contributed by atoms with E-state index in [0.717, 1.165) is 5.56 Å². The molecule has 1 aromatic carbocycles. The molecule has 1 fully saturated rings. The third-order valence-electron chi connectivity index (χ3n) is 8.01. The highest BCUT2D eigenvalue weighted by Gasteiger charge is 2.37. The molecule has 0 aliphatic carbocycles. The maximum atomic E-state index is 13.3. The smallest absolute Gasteiger partial charge is 0.419 e. The molecule has 3 rings (SSSR count). The number of likely N-dealkylation sites (tertiary alicyclic amines) is 1. The third-order valence-corrected chi connectivity index (χ3v) is 8.01. The first kappa shape index (κ1) is 37.7. The molecule has 262 valence electrons. The van der Waals surface area contributed by atoms with Crippen molar-refractivity contribution in [1.29, 1.82) is 0 Å². The number of imidazole rings is 1. The summed E-state index contributed by atoms with van der Waals surface area (Å²) in [4.78, 5) is 82.4.